The van der Waals surface area contributed by atoms with E-state index in [1.165, 1.54) is 33.4 Å². The summed E-state index contributed by atoms with van der Waals surface area (Å²) in [4.78, 5) is 0. The molecule has 4 rings (SSSR count). The number of hydrogen-bond donors (Lipinski definition) is 0. The van der Waals surface area contributed by atoms with Crippen molar-refractivity contribution in [3.05, 3.63) is 132 Å². The van der Waals surface area contributed by atoms with E-state index in [-0.39, 0.29) is 0 Å². The number of rotatable bonds is 6. The van der Waals surface area contributed by atoms with Gasteiger partial charge in [-0.2, -0.15) is 0 Å². The molecule has 31 heavy (non-hydrogen) atoms. The second-order valence-electron chi connectivity index (χ2n) is 7.62. The molecule has 0 aliphatic carbocycles. The number of hydrogen-bond acceptors (Lipinski definition) is 1. The molecular weight excluding hydrogens is 376 g/mol. The van der Waals surface area contributed by atoms with E-state index in [0.717, 1.165) is 11.1 Å². The second kappa shape index (κ2) is 9.77. The standard InChI is InChI=1S/C30H26O/c1-23-9-3-5-15-29(23)27-13-7-11-25(21-27)17-19-31-20-18-26-12-8-14-28(22-26)30-16-6-4-10-24(30)2/h3-22H,1-2H3. The third-order valence-corrected chi connectivity index (χ3v) is 5.36. The van der Waals surface area contributed by atoms with Gasteiger partial charge in [-0.25, -0.2) is 0 Å². The van der Waals surface area contributed by atoms with Gasteiger partial charge < -0.3 is 4.74 Å². The molecule has 0 fully saturated rings. The molecule has 0 aliphatic heterocycles. The largest absolute Gasteiger partial charge is 0.473 e. The predicted molar refractivity (Wildman–Crippen MR) is 132 cm³/mol. The Hall–Kier alpha value is -3.84. The first kappa shape index (κ1) is 20.4. The van der Waals surface area contributed by atoms with Crippen molar-refractivity contribution in [3.8, 4) is 22.3 Å². The van der Waals surface area contributed by atoms with Crippen molar-refractivity contribution in [3.63, 3.8) is 0 Å². The zero-order valence-corrected chi connectivity index (χ0v) is 18.0. The van der Waals surface area contributed by atoms with Crippen LogP contribution in [0.5, 0.6) is 0 Å². The Morgan fingerprint density at radius 2 is 0.968 bits per heavy atom. The molecule has 4 aromatic rings. The summed E-state index contributed by atoms with van der Waals surface area (Å²) in [6, 6.07) is 33.8. The topological polar surface area (TPSA) is 9.23 Å². The van der Waals surface area contributed by atoms with E-state index in [0.29, 0.717) is 0 Å². The summed E-state index contributed by atoms with van der Waals surface area (Å²) < 4.78 is 5.62. The zero-order valence-electron chi connectivity index (χ0n) is 18.0. The molecule has 0 amide bonds. The average Bonchev–Trinajstić information content (AvgIpc) is 2.80. The van der Waals surface area contributed by atoms with Gasteiger partial charge in [-0.05, 0) is 82.6 Å². The van der Waals surface area contributed by atoms with Crippen molar-refractivity contribution in [2.24, 2.45) is 0 Å². The Bertz CT molecular complexity index is 1130. The maximum absolute atomic E-state index is 5.62. The highest BCUT2D eigenvalue weighted by Gasteiger charge is 2.02. The maximum Gasteiger partial charge on any atom is 0.0907 e. The first-order valence-electron chi connectivity index (χ1n) is 10.5. The highest BCUT2D eigenvalue weighted by molar-refractivity contribution is 5.71. The third kappa shape index (κ3) is 5.21. The van der Waals surface area contributed by atoms with Gasteiger partial charge in [0.15, 0.2) is 0 Å². The fraction of sp³-hybridized carbons (Fsp3) is 0.0667. The Labute approximate surface area is 185 Å². The van der Waals surface area contributed by atoms with E-state index in [9.17, 15) is 0 Å². The SMILES string of the molecule is Cc1ccccc1-c1cccc(C=COC=Cc2cccc(-c3ccccc3C)c2)c1. The summed E-state index contributed by atoms with van der Waals surface area (Å²) in [6.45, 7) is 4.28. The lowest BCUT2D eigenvalue weighted by Crippen LogP contribution is -1.83. The molecule has 0 unspecified atom stereocenters. The van der Waals surface area contributed by atoms with Crippen LogP contribution in [0.25, 0.3) is 34.4 Å². The van der Waals surface area contributed by atoms with Crippen molar-refractivity contribution in [2.75, 3.05) is 0 Å². The van der Waals surface area contributed by atoms with Crippen molar-refractivity contribution in [2.45, 2.75) is 13.8 Å². The van der Waals surface area contributed by atoms with Crippen molar-refractivity contribution < 1.29 is 4.74 Å². The minimum Gasteiger partial charge on any atom is -0.473 e. The average molecular weight is 403 g/mol. The van der Waals surface area contributed by atoms with Crippen LogP contribution in [0.15, 0.2) is 110 Å². The predicted octanol–water partition coefficient (Wildman–Crippen LogP) is 8.30. The Morgan fingerprint density at radius 3 is 1.42 bits per heavy atom. The van der Waals surface area contributed by atoms with Gasteiger partial charge in [0.1, 0.15) is 0 Å². The molecule has 0 heterocycles. The van der Waals surface area contributed by atoms with Gasteiger partial charge in [0.2, 0.25) is 0 Å². The van der Waals surface area contributed by atoms with E-state index < -0.39 is 0 Å². The van der Waals surface area contributed by atoms with Crippen LogP contribution >= 0.6 is 0 Å². The van der Waals surface area contributed by atoms with Gasteiger partial charge in [-0.3, -0.25) is 0 Å². The molecule has 0 spiro atoms. The van der Waals surface area contributed by atoms with Crippen LogP contribution in [-0.4, -0.2) is 0 Å². The summed E-state index contributed by atoms with van der Waals surface area (Å²) in [5.41, 5.74) is 9.70. The van der Waals surface area contributed by atoms with Crippen LogP contribution in [0, 0.1) is 13.8 Å². The first-order valence-corrected chi connectivity index (χ1v) is 10.5. The van der Waals surface area contributed by atoms with Gasteiger partial charge in [0, 0.05) is 0 Å². The van der Waals surface area contributed by atoms with Crippen LogP contribution in [0.3, 0.4) is 0 Å². The summed E-state index contributed by atoms with van der Waals surface area (Å²) >= 11 is 0. The lowest BCUT2D eigenvalue weighted by molar-refractivity contribution is 0.410. The normalized spacial score (nSPS) is 11.3. The Morgan fingerprint density at radius 1 is 0.516 bits per heavy atom. The molecule has 4 aromatic carbocycles. The fourth-order valence-electron chi connectivity index (χ4n) is 3.69. The van der Waals surface area contributed by atoms with Crippen LogP contribution in [0.4, 0.5) is 0 Å². The van der Waals surface area contributed by atoms with Crippen molar-refractivity contribution in [1.82, 2.24) is 0 Å². The molecular formula is C30H26O. The number of benzene rings is 4. The van der Waals surface area contributed by atoms with Crippen LogP contribution in [0.2, 0.25) is 0 Å². The molecule has 0 N–H and O–H groups in total. The van der Waals surface area contributed by atoms with Crippen molar-refractivity contribution in [1.29, 1.82) is 0 Å². The minimum absolute atomic E-state index is 1.11. The third-order valence-electron chi connectivity index (χ3n) is 5.36. The molecule has 1 nitrogen and oxygen atoms in total. The van der Waals surface area contributed by atoms with Gasteiger partial charge in [0.25, 0.3) is 0 Å². The quantitative estimate of drug-likeness (QED) is 0.295. The molecule has 0 radical (unpaired) electrons. The molecule has 0 saturated heterocycles. The van der Waals surface area contributed by atoms with Crippen LogP contribution in [0.1, 0.15) is 22.3 Å². The minimum atomic E-state index is 1.11. The molecule has 0 saturated carbocycles. The molecule has 152 valence electrons. The summed E-state index contributed by atoms with van der Waals surface area (Å²) in [7, 11) is 0. The summed E-state index contributed by atoms with van der Waals surface area (Å²) in [5, 5.41) is 0. The molecule has 0 aromatic heterocycles. The number of ether oxygens (including phenoxy) is 1. The lowest BCUT2D eigenvalue weighted by Gasteiger charge is -2.06. The summed E-state index contributed by atoms with van der Waals surface area (Å²) in [5.74, 6) is 0. The maximum atomic E-state index is 5.62. The van der Waals surface area contributed by atoms with Gasteiger partial charge in [-0.1, -0.05) is 84.9 Å². The van der Waals surface area contributed by atoms with Gasteiger partial charge >= 0.3 is 0 Å². The monoisotopic (exact) mass is 402 g/mol. The van der Waals surface area contributed by atoms with E-state index >= 15 is 0 Å². The molecule has 0 atom stereocenters. The van der Waals surface area contributed by atoms with E-state index in [4.69, 9.17) is 4.74 Å². The highest BCUT2D eigenvalue weighted by atomic mass is 16.5. The Kier molecular flexibility index (Phi) is 6.44. The smallest absolute Gasteiger partial charge is 0.0907 e. The Balaban J connectivity index is 1.42. The van der Waals surface area contributed by atoms with E-state index in [1.807, 2.05) is 12.2 Å². The number of aryl methyl sites for hydroxylation is 2. The van der Waals surface area contributed by atoms with E-state index in [2.05, 4.69) is 111 Å². The first-order chi connectivity index (χ1) is 15.2. The fourth-order valence-corrected chi connectivity index (χ4v) is 3.69. The molecule has 0 bridgehead atoms. The van der Waals surface area contributed by atoms with Crippen LogP contribution in [-0.2, 0) is 4.74 Å². The highest BCUT2D eigenvalue weighted by Crippen LogP contribution is 2.25. The van der Waals surface area contributed by atoms with E-state index in [1.54, 1.807) is 12.5 Å². The molecule has 1 heteroatoms. The summed E-state index contributed by atoms with van der Waals surface area (Å²) in [6.07, 6.45) is 7.41. The molecule has 0 aliphatic rings. The van der Waals surface area contributed by atoms with Crippen molar-refractivity contribution >= 4 is 12.2 Å². The zero-order chi connectivity index (χ0) is 21.5. The second-order valence-corrected chi connectivity index (χ2v) is 7.62. The van der Waals surface area contributed by atoms with Crippen LogP contribution < -0.4 is 0 Å². The van der Waals surface area contributed by atoms with Gasteiger partial charge in [0.05, 0.1) is 12.5 Å². The van der Waals surface area contributed by atoms with Gasteiger partial charge in [-0.15, -0.1) is 0 Å². The lowest BCUT2D eigenvalue weighted by atomic mass is 9.99.